The second-order valence-electron chi connectivity index (χ2n) is 2.08. The van der Waals surface area contributed by atoms with Crippen molar-refractivity contribution in [2.75, 3.05) is 5.75 Å². The van der Waals surface area contributed by atoms with Crippen molar-refractivity contribution in [3.8, 4) is 0 Å². The number of rotatable bonds is 4. The Bertz CT molecular complexity index is 160. The summed E-state index contributed by atoms with van der Waals surface area (Å²) in [5, 5.41) is 12.5. The number of aliphatic carboxylic acids is 1. The molecule has 0 saturated heterocycles. The summed E-state index contributed by atoms with van der Waals surface area (Å²) < 4.78 is 0. The maximum absolute atomic E-state index is 10.4. The van der Waals surface area contributed by atoms with E-state index in [1.807, 2.05) is 0 Å². The van der Waals surface area contributed by atoms with Gasteiger partial charge in [-0.15, -0.1) is 0 Å². The molecule has 0 radical (unpaired) electrons. The molecule has 0 saturated carbocycles. The Morgan fingerprint density at radius 2 is 2.18 bits per heavy atom. The standard InChI is InChI=1S/C6H11NO3S/c1-4(8)7-5(2-3-11)6(9)10/h5,11H,2-3H2,1H3,(H,7,8)(H,9,10)/p-1/t5-/m1/s1. The molecule has 0 aliphatic carbocycles. The number of carbonyl (C=O) groups is 2. The van der Waals surface area contributed by atoms with Gasteiger partial charge in [-0.2, -0.15) is 12.6 Å². The molecule has 0 unspecified atom stereocenters. The number of hydrogen-bond donors (Lipinski definition) is 2. The summed E-state index contributed by atoms with van der Waals surface area (Å²) in [6.07, 6.45) is 0.283. The van der Waals surface area contributed by atoms with Crippen LogP contribution in [0.4, 0.5) is 0 Å². The number of carbonyl (C=O) groups excluding carboxylic acids is 2. The first-order valence-electron chi connectivity index (χ1n) is 3.16. The van der Waals surface area contributed by atoms with Crippen LogP contribution in [0.5, 0.6) is 0 Å². The van der Waals surface area contributed by atoms with Crippen LogP contribution in [-0.2, 0) is 9.59 Å². The summed E-state index contributed by atoms with van der Waals surface area (Å²) >= 11 is 3.83. The molecule has 5 heteroatoms. The molecule has 0 aliphatic rings. The van der Waals surface area contributed by atoms with E-state index in [0.29, 0.717) is 5.75 Å². The van der Waals surface area contributed by atoms with E-state index in [1.165, 1.54) is 6.92 Å². The fourth-order valence-electron chi connectivity index (χ4n) is 0.623. The quantitative estimate of drug-likeness (QED) is 0.515. The third kappa shape index (κ3) is 4.66. The third-order valence-corrected chi connectivity index (χ3v) is 1.34. The van der Waals surface area contributed by atoms with Gasteiger partial charge in [-0.25, -0.2) is 0 Å². The van der Waals surface area contributed by atoms with Crippen molar-refractivity contribution < 1.29 is 14.7 Å². The van der Waals surface area contributed by atoms with Gasteiger partial charge >= 0.3 is 0 Å². The lowest BCUT2D eigenvalue weighted by molar-refractivity contribution is -0.308. The van der Waals surface area contributed by atoms with E-state index < -0.39 is 12.0 Å². The molecule has 11 heavy (non-hydrogen) atoms. The van der Waals surface area contributed by atoms with Gasteiger partial charge < -0.3 is 15.2 Å². The molecule has 64 valence electrons. The topological polar surface area (TPSA) is 69.2 Å². The lowest BCUT2D eigenvalue weighted by Gasteiger charge is -2.17. The molecule has 0 heterocycles. The van der Waals surface area contributed by atoms with Crippen LogP contribution in [-0.4, -0.2) is 23.7 Å². The van der Waals surface area contributed by atoms with Crippen LogP contribution < -0.4 is 10.4 Å². The predicted molar refractivity (Wildman–Crippen MR) is 41.1 cm³/mol. The zero-order chi connectivity index (χ0) is 8.85. The van der Waals surface area contributed by atoms with E-state index in [0.717, 1.165) is 0 Å². The number of hydrogen-bond acceptors (Lipinski definition) is 4. The van der Waals surface area contributed by atoms with Crippen molar-refractivity contribution in [2.45, 2.75) is 19.4 Å². The Morgan fingerprint density at radius 3 is 2.45 bits per heavy atom. The normalized spacial score (nSPS) is 12.2. The van der Waals surface area contributed by atoms with Crippen LogP contribution in [0.3, 0.4) is 0 Å². The summed E-state index contributed by atoms with van der Waals surface area (Å²) in [5.74, 6) is -1.24. The molecular weight excluding hydrogens is 166 g/mol. The zero-order valence-corrected chi connectivity index (χ0v) is 7.06. The van der Waals surface area contributed by atoms with Crippen LogP contribution >= 0.6 is 12.6 Å². The van der Waals surface area contributed by atoms with E-state index >= 15 is 0 Å². The Balaban J connectivity index is 3.89. The number of carboxylic acids is 1. The van der Waals surface area contributed by atoms with Gasteiger partial charge in [0.1, 0.15) is 0 Å². The van der Waals surface area contributed by atoms with E-state index in [9.17, 15) is 14.7 Å². The first-order valence-corrected chi connectivity index (χ1v) is 3.80. The van der Waals surface area contributed by atoms with Crippen LogP contribution in [0.2, 0.25) is 0 Å². The minimum atomic E-state index is -1.27. The Hall–Kier alpha value is -0.710. The Kier molecular flexibility index (Phi) is 4.69. The molecule has 0 fully saturated rings. The first-order chi connectivity index (χ1) is 5.07. The molecule has 0 bridgehead atoms. The second-order valence-corrected chi connectivity index (χ2v) is 2.53. The smallest absolute Gasteiger partial charge is 0.217 e. The average molecular weight is 176 g/mol. The Morgan fingerprint density at radius 1 is 1.64 bits per heavy atom. The summed E-state index contributed by atoms with van der Waals surface area (Å²) in [4.78, 5) is 20.7. The molecule has 0 rings (SSSR count). The van der Waals surface area contributed by atoms with Crippen molar-refractivity contribution in [3.05, 3.63) is 0 Å². The molecule has 1 atom stereocenters. The van der Waals surface area contributed by atoms with Crippen molar-refractivity contribution in [1.82, 2.24) is 5.32 Å². The maximum Gasteiger partial charge on any atom is 0.217 e. The van der Waals surface area contributed by atoms with Crippen molar-refractivity contribution in [3.63, 3.8) is 0 Å². The number of amides is 1. The zero-order valence-electron chi connectivity index (χ0n) is 6.16. The molecule has 0 aromatic rings. The number of thiol groups is 1. The van der Waals surface area contributed by atoms with Crippen molar-refractivity contribution in [2.24, 2.45) is 0 Å². The minimum Gasteiger partial charge on any atom is -0.548 e. The molecule has 0 spiro atoms. The van der Waals surface area contributed by atoms with Crippen LogP contribution in [0.1, 0.15) is 13.3 Å². The van der Waals surface area contributed by atoms with Crippen molar-refractivity contribution >= 4 is 24.5 Å². The van der Waals surface area contributed by atoms with E-state index in [2.05, 4.69) is 17.9 Å². The maximum atomic E-state index is 10.4. The molecule has 1 amide bonds. The molecule has 1 N–H and O–H groups in total. The summed E-state index contributed by atoms with van der Waals surface area (Å²) in [7, 11) is 0. The van der Waals surface area contributed by atoms with E-state index in [-0.39, 0.29) is 12.3 Å². The molecule has 0 aliphatic heterocycles. The highest BCUT2D eigenvalue weighted by molar-refractivity contribution is 7.80. The summed E-state index contributed by atoms with van der Waals surface area (Å²) in [6.45, 7) is 1.26. The van der Waals surface area contributed by atoms with Gasteiger partial charge in [0, 0.05) is 6.92 Å². The average Bonchev–Trinajstić information content (AvgIpc) is 1.86. The lowest BCUT2D eigenvalue weighted by atomic mass is 10.2. The molecular formula is C6H10NO3S-. The van der Waals surface area contributed by atoms with Gasteiger partial charge in [0.15, 0.2) is 0 Å². The number of carboxylic acid groups (broad SMARTS) is 1. The van der Waals surface area contributed by atoms with Gasteiger partial charge in [-0.05, 0) is 12.2 Å². The SMILES string of the molecule is CC(=O)N[C@H](CCS)C(=O)[O-]. The van der Waals surface area contributed by atoms with Gasteiger partial charge in [0.2, 0.25) is 5.91 Å². The van der Waals surface area contributed by atoms with Crippen LogP contribution in [0.25, 0.3) is 0 Å². The predicted octanol–water partition coefficient (Wildman–Crippen LogP) is -1.44. The Labute approximate surface area is 70.4 Å². The minimum absolute atomic E-state index is 0.283. The highest BCUT2D eigenvalue weighted by Crippen LogP contribution is 1.92. The van der Waals surface area contributed by atoms with Crippen LogP contribution in [0.15, 0.2) is 0 Å². The van der Waals surface area contributed by atoms with Gasteiger partial charge in [0.05, 0.1) is 12.0 Å². The highest BCUT2D eigenvalue weighted by atomic mass is 32.1. The molecule has 0 aromatic heterocycles. The van der Waals surface area contributed by atoms with Gasteiger partial charge in [-0.1, -0.05) is 0 Å². The fraction of sp³-hybridized carbons (Fsp3) is 0.667. The van der Waals surface area contributed by atoms with E-state index in [4.69, 9.17) is 0 Å². The number of nitrogens with one attached hydrogen (secondary N) is 1. The second kappa shape index (κ2) is 5.01. The first kappa shape index (κ1) is 10.3. The van der Waals surface area contributed by atoms with Crippen LogP contribution in [0, 0.1) is 0 Å². The molecule has 0 aromatic carbocycles. The van der Waals surface area contributed by atoms with Gasteiger partial charge in [-0.3, -0.25) is 4.79 Å². The summed E-state index contributed by atoms with van der Waals surface area (Å²) in [5.41, 5.74) is 0. The third-order valence-electron chi connectivity index (χ3n) is 1.08. The fourth-order valence-corrected chi connectivity index (χ4v) is 0.882. The highest BCUT2D eigenvalue weighted by Gasteiger charge is 2.08. The summed E-state index contributed by atoms with van der Waals surface area (Å²) in [6, 6.07) is -0.912. The molecule has 4 nitrogen and oxygen atoms in total. The monoisotopic (exact) mass is 176 g/mol. The van der Waals surface area contributed by atoms with Crippen molar-refractivity contribution in [1.29, 1.82) is 0 Å². The largest absolute Gasteiger partial charge is 0.548 e. The van der Waals surface area contributed by atoms with Gasteiger partial charge in [0.25, 0.3) is 0 Å². The van der Waals surface area contributed by atoms with E-state index in [1.54, 1.807) is 0 Å². The lowest BCUT2D eigenvalue weighted by Crippen LogP contribution is -2.47.